The molecule has 0 spiro atoms. The minimum Gasteiger partial charge on any atom is -0.454 e. The van der Waals surface area contributed by atoms with Crippen LogP contribution in [-0.2, 0) is 16.0 Å². The molecule has 7 nitrogen and oxygen atoms in total. The van der Waals surface area contributed by atoms with Gasteiger partial charge in [0.15, 0.2) is 11.5 Å². The van der Waals surface area contributed by atoms with E-state index in [9.17, 15) is 9.59 Å². The molecule has 3 rings (SSSR count). The first kappa shape index (κ1) is 14.5. The molecule has 2 aliphatic heterocycles. The molecule has 1 aromatic rings. The van der Waals surface area contributed by atoms with Gasteiger partial charge in [-0.05, 0) is 17.7 Å². The van der Waals surface area contributed by atoms with Crippen LogP contribution in [0, 0.1) is 0 Å². The highest BCUT2D eigenvalue weighted by molar-refractivity contribution is 5.79. The van der Waals surface area contributed by atoms with Crippen LogP contribution in [0.5, 0.6) is 11.5 Å². The summed E-state index contributed by atoms with van der Waals surface area (Å²) in [6.45, 7) is 2.28. The molecule has 2 aliphatic rings. The van der Waals surface area contributed by atoms with Gasteiger partial charge in [0.05, 0.1) is 13.5 Å². The lowest BCUT2D eigenvalue weighted by atomic mass is 10.1. The molecule has 1 aromatic carbocycles. The smallest absolute Gasteiger partial charge is 0.409 e. The molecule has 0 N–H and O–H groups in total. The Morgan fingerprint density at radius 1 is 1.09 bits per heavy atom. The van der Waals surface area contributed by atoms with Gasteiger partial charge in [-0.2, -0.15) is 0 Å². The highest BCUT2D eigenvalue weighted by Crippen LogP contribution is 2.32. The molecule has 0 radical (unpaired) electrons. The first-order valence-corrected chi connectivity index (χ1v) is 7.16. The molecule has 1 saturated heterocycles. The maximum absolute atomic E-state index is 12.3. The molecule has 22 heavy (non-hydrogen) atoms. The number of ether oxygens (including phenoxy) is 3. The van der Waals surface area contributed by atoms with Crippen LogP contribution in [0.1, 0.15) is 5.56 Å². The van der Waals surface area contributed by atoms with E-state index in [0.29, 0.717) is 44.1 Å². The van der Waals surface area contributed by atoms with Crippen LogP contribution < -0.4 is 9.47 Å². The van der Waals surface area contributed by atoms with E-state index in [1.165, 1.54) is 7.11 Å². The molecule has 0 saturated carbocycles. The fraction of sp³-hybridized carbons (Fsp3) is 0.467. The van der Waals surface area contributed by atoms with Crippen LogP contribution in [0.15, 0.2) is 18.2 Å². The molecule has 0 bridgehead atoms. The van der Waals surface area contributed by atoms with Crippen LogP contribution in [0.4, 0.5) is 4.79 Å². The number of carbonyl (C=O) groups excluding carboxylic acids is 2. The summed E-state index contributed by atoms with van der Waals surface area (Å²) in [5.41, 5.74) is 0.893. The van der Waals surface area contributed by atoms with Crippen molar-refractivity contribution in [3.8, 4) is 11.5 Å². The molecule has 0 aromatic heterocycles. The number of rotatable bonds is 2. The topological polar surface area (TPSA) is 68.3 Å². The van der Waals surface area contributed by atoms with Crippen molar-refractivity contribution in [3.05, 3.63) is 23.8 Å². The minimum atomic E-state index is -0.345. The molecular formula is C15H18N2O5. The number of carbonyl (C=O) groups is 2. The van der Waals surface area contributed by atoms with E-state index >= 15 is 0 Å². The lowest BCUT2D eigenvalue weighted by Crippen LogP contribution is -2.50. The second-order valence-corrected chi connectivity index (χ2v) is 5.20. The van der Waals surface area contributed by atoms with Gasteiger partial charge in [-0.25, -0.2) is 4.79 Å². The fourth-order valence-electron chi connectivity index (χ4n) is 2.60. The number of benzene rings is 1. The van der Waals surface area contributed by atoms with Crippen molar-refractivity contribution in [2.45, 2.75) is 6.42 Å². The third kappa shape index (κ3) is 2.93. The van der Waals surface area contributed by atoms with Crippen molar-refractivity contribution in [2.75, 3.05) is 40.1 Å². The van der Waals surface area contributed by atoms with Crippen LogP contribution in [-0.4, -0.2) is 61.9 Å². The van der Waals surface area contributed by atoms with Crippen LogP contribution >= 0.6 is 0 Å². The van der Waals surface area contributed by atoms with Gasteiger partial charge in [-0.3, -0.25) is 4.79 Å². The molecule has 118 valence electrons. The van der Waals surface area contributed by atoms with Crippen molar-refractivity contribution >= 4 is 12.0 Å². The lowest BCUT2D eigenvalue weighted by Gasteiger charge is -2.33. The van der Waals surface area contributed by atoms with Crippen molar-refractivity contribution in [1.29, 1.82) is 0 Å². The Morgan fingerprint density at radius 2 is 1.77 bits per heavy atom. The number of amides is 2. The molecule has 0 unspecified atom stereocenters. The Labute approximate surface area is 128 Å². The van der Waals surface area contributed by atoms with Gasteiger partial charge in [0, 0.05) is 26.2 Å². The number of fused-ring (bicyclic) bond motifs is 1. The number of nitrogens with zero attached hydrogens (tertiary/aromatic N) is 2. The van der Waals surface area contributed by atoms with E-state index in [0.717, 1.165) is 5.56 Å². The average Bonchev–Trinajstić information content (AvgIpc) is 3.02. The molecule has 2 amide bonds. The number of hydrogen-bond acceptors (Lipinski definition) is 5. The fourth-order valence-corrected chi connectivity index (χ4v) is 2.60. The maximum Gasteiger partial charge on any atom is 0.409 e. The number of hydrogen-bond donors (Lipinski definition) is 0. The Bertz CT molecular complexity index is 581. The minimum absolute atomic E-state index is 0.0448. The molecule has 2 heterocycles. The third-order valence-electron chi connectivity index (χ3n) is 3.86. The van der Waals surface area contributed by atoms with Crippen molar-refractivity contribution in [2.24, 2.45) is 0 Å². The predicted octanol–water partition coefficient (Wildman–Crippen LogP) is 0.868. The van der Waals surface area contributed by atoms with Gasteiger partial charge in [0.2, 0.25) is 12.7 Å². The Morgan fingerprint density at radius 3 is 2.50 bits per heavy atom. The first-order valence-electron chi connectivity index (χ1n) is 7.16. The van der Waals surface area contributed by atoms with Gasteiger partial charge >= 0.3 is 6.09 Å². The molecule has 1 fully saturated rings. The normalized spacial score (nSPS) is 16.6. The highest BCUT2D eigenvalue weighted by atomic mass is 16.7. The zero-order chi connectivity index (χ0) is 15.5. The SMILES string of the molecule is COC(=O)N1CCN(C(=O)Cc2ccc3c(c2)OCO3)CC1. The number of methoxy groups -OCH3 is 1. The van der Waals surface area contributed by atoms with Gasteiger partial charge in [0.25, 0.3) is 0 Å². The summed E-state index contributed by atoms with van der Waals surface area (Å²) in [5, 5.41) is 0. The van der Waals surface area contributed by atoms with E-state index < -0.39 is 0 Å². The molecular weight excluding hydrogens is 288 g/mol. The summed E-state index contributed by atoms with van der Waals surface area (Å²) in [7, 11) is 1.36. The summed E-state index contributed by atoms with van der Waals surface area (Å²) in [5.74, 6) is 1.44. The third-order valence-corrected chi connectivity index (χ3v) is 3.86. The van der Waals surface area contributed by atoms with E-state index in [4.69, 9.17) is 9.47 Å². The maximum atomic E-state index is 12.3. The van der Waals surface area contributed by atoms with Gasteiger partial charge in [-0.15, -0.1) is 0 Å². The van der Waals surface area contributed by atoms with Crippen molar-refractivity contribution < 1.29 is 23.8 Å². The van der Waals surface area contributed by atoms with Crippen molar-refractivity contribution in [1.82, 2.24) is 9.80 Å². The molecule has 7 heteroatoms. The zero-order valence-electron chi connectivity index (χ0n) is 12.4. The predicted molar refractivity (Wildman–Crippen MR) is 76.8 cm³/mol. The summed E-state index contributed by atoms with van der Waals surface area (Å²) in [6.07, 6.45) is -0.0302. The second kappa shape index (κ2) is 6.13. The van der Waals surface area contributed by atoms with E-state index in [1.807, 2.05) is 18.2 Å². The van der Waals surface area contributed by atoms with Crippen LogP contribution in [0.3, 0.4) is 0 Å². The van der Waals surface area contributed by atoms with Crippen LogP contribution in [0.2, 0.25) is 0 Å². The molecule has 0 atom stereocenters. The summed E-state index contributed by atoms with van der Waals surface area (Å²) >= 11 is 0. The van der Waals surface area contributed by atoms with Gasteiger partial charge in [0.1, 0.15) is 0 Å². The Kier molecular flexibility index (Phi) is 4.04. The first-order chi connectivity index (χ1) is 10.7. The summed E-state index contributed by atoms with van der Waals surface area (Å²) in [6, 6.07) is 5.53. The van der Waals surface area contributed by atoms with E-state index in [1.54, 1.807) is 9.80 Å². The highest BCUT2D eigenvalue weighted by Gasteiger charge is 2.24. The zero-order valence-corrected chi connectivity index (χ0v) is 12.4. The quantitative estimate of drug-likeness (QED) is 0.811. The Balaban J connectivity index is 1.56. The monoisotopic (exact) mass is 306 g/mol. The lowest BCUT2D eigenvalue weighted by molar-refractivity contribution is -0.132. The van der Waals surface area contributed by atoms with E-state index in [2.05, 4.69) is 4.74 Å². The summed E-state index contributed by atoms with van der Waals surface area (Å²) < 4.78 is 15.2. The van der Waals surface area contributed by atoms with Crippen molar-refractivity contribution in [3.63, 3.8) is 0 Å². The molecule has 0 aliphatic carbocycles. The van der Waals surface area contributed by atoms with E-state index in [-0.39, 0.29) is 18.8 Å². The standard InChI is InChI=1S/C15H18N2O5/c1-20-15(19)17-6-4-16(5-7-17)14(18)9-11-2-3-12-13(8-11)22-10-21-12/h2-3,8H,4-7,9-10H2,1H3. The summed E-state index contributed by atoms with van der Waals surface area (Å²) in [4.78, 5) is 27.1. The largest absolute Gasteiger partial charge is 0.454 e. The second-order valence-electron chi connectivity index (χ2n) is 5.20. The van der Waals surface area contributed by atoms with Gasteiger partial charge < -0.3 is 24.0 Å². The van der Waals surface area contributed by atoms with Crippen LogP contribution in [0.25, 0.3) is 0 Å². The van der Waals surface area contributed by atoms with Gasteiger partial charge in [-0.1, -0.05) is 6.07 Å². The Hall–Kier alpha value is -2.44. The average molecular weight is 306 g/mol. The number of piperazine rings is 1.